The summed E-state index contributed by atoms with van der Waals surface area (Å²) in [4.78, 5) is 4.90. The summed E-state index contributed by atoms with van der Waals surface area (Å²) in [7, 11) is 1.89. The molecule has 0 bridgehead atoms. The lowest BCUT2D eigenvalue weighted by Crippen LogP contribution is -2.25. The second-order valence-corrected chi connectivity index (χ2v) is 6.71. The molecule has 1 aliphatic rings. The second-order valence-electron chi connectivity index (χ2n) is 5.68. The predicted octanol–water partition coefficient (Wildman–Crippen LogP) is 3.87. The molecule has 0 saturated carbocycles. The number of fused-ring (bicyclic) bond motifs is 1. The van der Waals surface area contributed by atoms with Crippen molar-refractivity contribution in [2.45, 2.75) is 39.2 Å². The smallest absolute Gasteiger partial charge is 0.120 e. The Kier molecular flexibility index (Phi) is 3.87. The highest BCUT2D eigenvalue weighted by atomic mass is 32.1. The monoisotopic (exact) mass is 287 g/mol. The van der Waals surface area contributed by atoms with Gasteiger partial charge < -0.3 is 0 Å². The van der Waals surface area contributed by atoms with Gasteiger partial charge in [-0.15, -0.1) is 11.3 Å². The molecule has 0 fully saturated rings. The molecule has 0 atom stereocenters. The van der Waals surface area contributed by atoms with E-state index in [2.05, 4.69) is 25.1 Å². The molecule has 3 rings (SSSR count). The van der Waals surface area contributed by atoms with Gasteiger partial charge in [-0.3, -0.25) is 5.84 Å². The van der Waals surface area contributed by atoms with Gasteiger partial charge in [-0.05, 0) is 55.4 Å². The Bertz CT molecular complexity index is 655. The van der Waals surface area contributed by atoms with Gasteiger partial charge in [-0.25, -0.2) is 9.99 Å². The lowest BCUT2D eigenvalue weighted by Gasteiger charge is -2.10. The van der Waals surface area contributed by atoms with E-state index < -0.39 is 0 Å². The number of hydrazine groups is 1. The Morgan fingerprint density at radius 1 is 1.35 bits per heavy atom. The average molecular weight is 287 g/mol. The number of aryl methyl sites for hydroxylation is 1. The first-order valence-electron chi connectivity index (χ1n) is 7.19. The molecular weight excluding hydrogens is 266 g/mol. The molecule has 0 aliphatic heterocycles. The molecular formula is C16H21N3S. The molecule has 0 unspecified atom stereocenters. The predicted molar refractivity (Wildman–Crippen MR) is 86.5 cm³/mol. The number of allylic oxidation sites excluding steroid dienone is 2. The van der Waals surface area contributed by atoms with Crippen LogP contribution in [0.3, 0.4) is 0 Å². The highest BCUT2D eigenvalue weighted by Crippen LogP contribution is 2.34. The van der Waals surface area contributed by atoms with Crippen LogP contribution in [0.1, 0.15) is 41.8 Å². The summed E-state index contributed by atoms with van der Waals surface area (Å²) in [6.45, 7) is 2.87. The van der Waals surface area contributed by atoms with Gasteiger partial charge in [0.15, 0.2) is 0 Å². The van der Waals surface area contributed by atoms with Gasteiger partial charge in [0.05, 0.1) is 10.2 Å². The number of hydrogen-bond acceptors (Lipinski definition) is 4. The van der Waals surface area contributed by atoms with Crippen LogP contribution in [0.4, 0.5) is 0 Å². The Hall–Kier alpha value is -1.23. The summed E-state index contributed by atoms with van der Waals surface area (Å²) in [6.07, 6.45) is 7.34. The molecule has 1 aliphatic carbocycles. The van der Waals surface area contributed by atoms with Crippen molar-refractivity contribution in [2.24, 2.45) is 5.84 Å². The van der Waals surface area contributed by atoms with Gasteiger partial charge in [0, 0.05) is 13.6 Å². The number of aromatic nitrogens is 1. The van der Waals surface area contributed by atoms with Crippen molar-refractivity contribution in [1.82, 2.24) is 9.99 Å². The SMILES string of the molecule is Cc1cc(CN(C)N)c2nc(C3=CCCCC3)sc2c1. The van der Waals surface area contributed by atoms with Crippen molar-refractivity contribution < 1.29 is 0 Å². The Balaban J connectivity index is 2.07. The normalized spacial score (nSPS) is 15.9. The van der Waals surface area contributed by atoms with Crippen molar-refractivity contribution in [2.75, 3.05) is 7.05 Å². The fourth-order valence-electron chi connectivity index (χ4n) is 2.81. The number of thiazole rings is 1. The highest BCUT2D eigenvalue weighted by Gasteiger charge is 2.14. The summed E-state index contributed by atoms with van der Waals surface area (Å²) in [5.41, 5.74) is 5.06. The molecule has 1 heterocycles. The number of nitrogens with two attached hydrogens (primary N) is 1. The van der Waals surface area contributed by atoms with Crippen LogP contribution < -0.4 is 5.84 Å². The molecule has 0 saturated heterocycles. The highest BCUT2D eigenvalue weighted by molar-refractivity contribution is 7.19. The van der Waals surface area contributed by atoms with Crippen LogP contribution in [-0.4, -0.2) is 17.0 Å². The van der Waals surface area contributed by atoms with Gasteiger partial charge in [0.2, 0.25) is 0 Å². The zero-order valence-corrected chi connectivity index (χ0v) is 13.0. The van der Waals surface area contributed by atoms with Crippen LogP contribution in [0, 0.1) is 6.92 Å². The quantitative estimate of drug-likeness (QED) is 0.688. The fourth-order valence-corrected chi connectivity index (χ4v) is 3.99. The zero-order chi connectivity index (χ0) is 14.1. The molecule has 1 aromatic heterocycles. The van der Waals surface area contributed by atoms with E-state index in [0.29, 0.717) is 0 Å². The van der Waals surface area contributed by atoms with E-state index in [0.717, 1.165) is 12.1 Å². The van der Waals surface area contributed by atoms with Crippen LogP contribution in [0.2, 0.25) is 0 Å². The van der Waals surface area contributed by atoms with E-state index in [1.165, 1.54) is 52.1 Å². The first-order valence-corrected chi connectivity index (χ1v) is 8.00. The van der Waals surface area contributed by atoms with Crippen molar-refractivity contribution in [3.63, 3.8) is 0 Å². The van der Waals surface area contributed by atoms with E-state index in [1.54, 1.807) is 5.01 Å². The first kappa shape index (κ1) is 13.7. The fraction of sp³-hybridized carbons (Fsp3) is 0.438. The maximum Gasteiger partial charge on any atom is 0.120 e. The third kappa shape index (κ3) is 2.77. The summed E-state index contributed by atoms with van der Waals surface area (Å²) in [5, 5.41) is 2.92. The van der Waals surface area contributed by atoms with Crippen LogP contribution in [0.5, 0.6) is 0 Å². The van der Waals surface area contributed by atoms with Crippen LogP contribution in [0.15, 0.2) is 18.2 Å². The van der Waals surface area contributed by atoms with Crippen molar-refractivity contribution in [3.8, 4) is 0 Å². The van der Waals surface area contributed by atoms with Gasteiger partial charge in [0.25, 0.3) is 0 Å². The number of rotatable bonds is 3. The molecule has 3 nitrogen and oxygen atoms in total. The van der Waals surface area contributed by atoms with Crippen LogP contribution in [-0.2, 0) is 6.54 Å². The van der Waals surface area contributed by atoms with Gasteiger partial charge in [0.1, 0.15) is 5.01 Å². The minimum atomic E-state index is 0.737. The van der Waals surface area contributed by atoms with Gasteiger partial charge in [-0.1, -0.05) is 12.1 Å². The first-order chi connectivity index (χ1) is 9.63. The second kappa shape index (κ2) is 5.64. The molecule has 20 heavy (non-hydrogen) atoms. The van der Waals surface area contributed by atoms with E-state index >= 15 is 0 Å². The standard InChI is InChI=1S/C16H21N3S/c1-11-8-13(10-19(2)17)15-14(9-11)20-16(18-15)12-6-4-3-5-7-12/h6,8-9H,3-5,7,10,17H2,1-2H3. The van der Waals surface area contributed by atoms with Crippen molar-refractivity contribution in [3.05, 3.63) is 34.3 Å². The molecule has 2 aromatic rings. The van der Waals surface area contributed by atoms with Gasteiger partial charge in [-0.2, -0.15) is 0 Å². The van der Waals surface area contributed by atoms with Gasteiger partial charge >= 0.3 is 0 Å². The number of benzene rings is 1. The Morgan fingerprint density at radius 3 is 2.90 bits per heavy atom. The lowest BCUT2D eigenvalue weighted by atomic mass is 10.0. The summed E-state index contributed by atoms with van der Waals surface area (Å²) < 4.78 is 1.28. The van der Waals surface area contributed by atoms with E-state index in [4.69, 9.17) is 10.8 Å². The summed E-state index contributed by atoms with van der Waals surface area (Å²) >= 11 is 1.82. The Labute approximate surface area is 124 Å². The minimum Gasteiger partial charge on any atom is -0.269 e. The van der Waals surface area contributed by atoms with Crippen molar-refractivity contribution >= 4 is 27.1 Å². The summed E-state index contributed by atoms with van der Waals surface area (Å²) in [6, 6.07) is 4.43. The molecule has 0 amide bonds. The molecule has 4 heteroatoms. The van der Waals surface area contributed by atoms with Crippen LogP contribution >= 0.6 is 11.3 Å². The molecule has 106 valence electrons. The van der Waals surface area contributed by atoms with E-state index in [-0.39, 0.29) is 0 Å². The minimum absolute atomic E-state index is 0.737. The number of nitrogens with zero attached hydrogens (tertiary/aromatic N) is 2. The molecule has 0 spiro atoms. The van der Waals surface area contributed by atoms with E-state index in [9.17, 15) is 0 Å². The van der Waals surface area contributed by atoms with Crippen molar-refractivity contribution in [1.29, 1.82) is 0 Å². The average Bonchev–Trinajstić information content (AvgIpc) is 2.83. The molecule has 1 aromatic carbocycles. The molecule has 0 radical (unpaired) electrons. The maximum absolute atomic E-state index is 5.81. The lowest BCUT2D eigenvalue weighted by molar-refractivity contribution is 0.343. The summed E-state index contributed by atoms with van der Waals surface area (Å²) in [5.74, 6) is 5.81. The largest absolute Gasteiger partial charge is 0.269 e. The van der Waals surface area contributed by atoms with E-state index in [1.807, 2.05) is 18.4 Å². The van der Waals surface area contributed by atoms with Crippen LogP contribution in [0.25, 0.3) is 15.8 Å². The zero-order valence-electron chi connectivity index (χ0n) is 12.1. The molecule has 2 N–H and O–H groups in total. The number of hydrogen-bond donors (Lipinski definition) is 1. The third-order valence-corrected chi connectivity index (χ3v) is 4.78. The maximum atomic E-state index is 5.81. The topological polar surface area (TPSA) is 42.1 Å². The Morgan fingerprint density at radius 2 is 2.20 bits per heavy atom. The third-order valence-electron chi connectivity index (χ3n) is 3.70.